The van der Waals surface area contributed by atoms with E-state index in [0.717, 1.165) is 11.3 Å². The first kappa shape index (κ1) is 20.4. The average molecular weight is 370 g/mol. The summed E-state index contributed by atoms with van der Waals surface area (Å²) in [5.74, 6) is -0.0805. The summed E-state index contributed by atoms with van der Waals surface area (Å²) >= 11 is 0. The molecule has 144 valence electrons. The zero-order chi connectivity index (χ0) is 19.5. The fraction of sp³-hybridized carbons (Fsp3) is 0.300. The summed E-state index contributed by atoms with van der Waals surface area (Å²) in [5, 5.41) is 11.5. The van der Waals surface area contributed by atoms with Crippen molar-refractivity contribution < 1.29 is 14.3 Å². The van der Waals surface area contributed by atoms with Crippen LogP contribution in [0.15, 0.2) is 54.6 Å². The van der Waals surface area contributed by atoms with Crippen LogP contribution in [-0.2, 0) is 9.53 Å². The van der Waals surface area contributed by atoms with Crippen LogP contribution in [0.2, 0.25) is 0 Å². The first-order chi connectivity index (χ1) is 13.1. The van der Waals surface area contributed by atoms with Crippen LogP contribution in [0.1, 0.15) is 18.5 Å². The Morgan fingerprint density at radius 2 is 1.59 bits per heavy atom. The highest BCUT2D eigenvalue weighted by atomic mass is 16.5. The van der Waals surface area contributed by atoms with Crippen LogP contribution in [-0.4, -0.2) is 38.7 Å². The smallest absolute Gasteiger partial charge is 0.323 e. The maximum atomic E-state index is 12.0. The lowest BCUT2D eigenvalue weighted by Crippen LogP contribution is -2.36. The Balaban J connectivity index is 1.79. The number of methoxy groups -OCH3 is 1. The average Bonchev–Trinajstić information content (AvgIpc) is 2.66. The Morgan fingerprint density at radius 3 is 2.22 bits per heavy atom. The molecule has 0 aliphatic rings. The molecule has 0 saturated heterocycles. The van der Waals surface area contributed by atoms with Crippen molar-refractivity contribution in [2.75, 3.05) is 37.4 Å². The lowest BCUT2D eigenvalue weighted by molar-refractivity contribution is -0.120. The van der Waals surface area contributed by atoms with Gasteiger partial charge in [-0.25, -0.2) is 4.79 Å². The summed E-state index contributed by atoms with van der Waals surface area (Å²) in [7, 11) is 1.62. The number of hydrogen-bond acceptors (Lipinski definition) is 4. The molecule has 0 aromatic heterocycles. The number of carbonyl (C=O) groups excluding carboxylic acids is 2. The molecule has 7 heteroatoms. The summed E-state index contributed by atoms with van der Waals surface area (Å²) in [6, 6.07) is 16.2. The molecule has 0 radical (unpaired) electrons. The monoisotopic (exact) mass is 370 g/mol. The Kier molecular flexibility index (Phi) is 8.28. The molecular weight excluding hydrogens is 344 g/mol. The summed E-state index contributed by atoms with van der Waals surface area (Å²) in [4.78, 5) is 23.9. The van der Waals surface area contributed by atoms with Crippen molar-refractivity contribution in [2.45, 2.75) is 13.0 Å². The van der Waals surface area contributed by atoms with E-state index >= 15 is 0 Å². The Bertz CT molecular complexity index is 720. The molecule has 4 N–H and O–H groups in total. The zero-order valence-corrected chi connectivity index (χ0v) is 15.6. The van der Waals surface area contributed by atoms with Crippen LogP contribution >= 0.6 is 0 Å². The number of nitrogens with one attached hydrogen (secondary N) is 4. The minimum Gasteiger partial charge on any atom is -0.383 e. The highest BCUT2D eigenvalue weighted by Gasteiger charge is 2.10. The maximum absolute atomic E-state index is 12.0. The van der Waals surface area contributed by atoms with Crippen LogP contribution in [0, 0.1) is 0 Å². The number of hydrogen-bond donors (Lipinski definition) is 4. The third-order valence-electron chi connectivity index (χ3n) is 3.85. The summed E-state index contributed by atoms with van der Waals surface area (Å²) in [6.45, 7) is 3.35. The number of rotatable bonds is 9. The van der Waals surface area contributed by atoms with Gasteiger partial charge in [0.1, 0.15) is 0 Å². The molecule has 0 fully saturated rings. The third-order valence-corrected chi connectivity index (χ3v) is 3.85. The highest BCUT2D eigenvalue weighted by Crippen LogP contribution is 2.16. The minimum absolute atomic E-state index is 0.0805. The van der Waals surface area contributed by atoms with E-state index in [0.29, 0.717) is 18.8 Å². The molecule has 0 saturated carbocycles. The first-order valence-corrected chi connectivity index (χ1v) is 8.80. The molecule has 0 heterocycles. The Morgan fingerprint density at radius 1 is 0.963 bits per heavy atom. The molecule has 7 nitrogen and oxygen atoms in total. The molecule has 2 aromatic carbocycles. The third kappa shape index (κ3) is 7.47. The van der Waals surface area contributed by atoms with Crippen molar-refractivity contribution in [2.24, 2.45) is 0 Å². The SMILES string of the molecule is COCCNCC(=O)NC(C)c1ccc(NC(=O)Nc2ccccc2)cc1. The van der Waals surface area contributed by atoms with Crippen LogP contribution in [0.5, 0.6) is 0 Å². The van der Waals surface area contributed by atoms with Crippen molar-refractivity contribution in [3.8, 4) is 0 Å². The number of anilines is 2. The molecule has 0 aliphatic heterocycles. The van der Waals surface area contributed by atoms with Crippen molar-refractivity contribution >= 4 is 23.3 Å². The molecule has 0 spiro atoms. The molecule has 3 amide bonds. The number of carbonyl (C=O) groups is 2. The van der Waals surface area contributed by atoms with E-state index in [4.69, 9.17) is 4.74 Å². The van der Waals surface area contributed by atoms with Gasteiger partial charge < -0.3 is 26.0 Å². The molecule has 1 atom stereocenters. The van der Waals surface area contributed by atoms with Crippen molar-refractivity contribution in [1.82, 2.24) is 10.6 Å². The van der Waals surface area contributed by atoms with E-state index in [1.807, 2.05) is 49.4 Å². The number of amides is 3. The normalized spacial score (nSPS) is 11.5. The number of benzene rings is 2. The van der Waals surface area contributed by atoms with Crippen LogP contribution in [0.3, 0.4) is 0 Å². The van der Waals surface area contributed by atoms with Gasteiger partial charge in [-0.3, -0.25) is 4.79 Å². The molecular formula is C20H26N4O3. The van der Waals surface area contributed by atoms with Crippen LogP contribution < -0.4 is 21.3 Å². The van der Waals surface area contributed by atoms with E-state index in [2.05, 4.69) is 21.3 Å². The van der Waals surface area contributed by atoms with Crippen molar-refractivity contribution in [1.29, 1.82) is 0 Å². The zero-order valence-electron chi connectivity index (χ0n) is 15.6. The van der Waals surface area contributed by atoms with E-state index in [1.54, 1.807) is 19.2 Å². The number of para-hydroxylation sites is 1. The quantitative estimate of drug-likeness (QED) is 0.511. The summed E-state index contributed by atoms with van der Waals surface area (Å²) in [5.41, 5.74) is 2.35. The Labute approximate surface area is 159 Å². The van der Waals surface area contributed by atoms with Gasteiger partial charge in [-0.05, 0) is 36.8 Å². The molecule has 2 aromatic rings. The van der Waals surface area contributed by atoms with Gasteiger partial charge in [0.15, 0.2) is 0 Å². The van der Waals surface area contributed by atoms with E-state index in [-0.39, 0.29) is 24.5 Å². The second-order valence-electron chi connectivity index (χ2n) is 6.03. The molecule has 0 bridgehead atoms. The second-order valence-corrected chi connectivity index (χ2v) is 6.03. The second kappa shape index (κ2) is 10.9. The summed E-state index contributed by atoms with van der Waals surface area (Å²) in [6.07, 6.45) is 0. The lowest BCUT2D eigenvalue weighted by Gasteiger charge is -2.15. The summed E-state index contributed by atoms with van der Waals surface area (Å²) < 4.78 is 4.92. The fourth-order valence-corrected chi connectivity index (χ4v) is 2.42. The largest absolute Gasteiger partial charge is 0.383 e. The van der Waals surface area contributed by atoms with Gasteiger partial charge in [-0.15, -0.1) is 0 Å². The van der Waals surface area contributed by atoms with Gasteiger partial charge in [0.05, 0.1) is 19.2 Å². The molecule has 2 rings (SSSR count). The van der Waals surface area contributed by atoms with Gasteiger partial charge >= 0.3 is 6.03 Å². The fourth-order valence-electron chi connectivity index (χ4n) is 2.42. The van der Waals surface area contributed by atoms with E-state index in [1.165, 1.54) is 0 Å². The van der Waals surface area contributed by atoms with Crippen LogP contribution in [0.25, 0.3) is 0 Å². The number of ether oxygens (including phenoxy) is 1. The Hall–Kier alpha value is -2.90. The van der Waals surface area contributed by atoms with Gasteiger partial charge in [-0.1, -0.05) is 30.3 Å². The maximum Gasteiger partial charge on any atom is 0.323 e. The van der Waals surface area contributed by atoms with E-state index < -0.39 is 0 Å². The van der Waals surface area contributed by atoms with Crippen molar-refractivity contribution in [3.05, 3.63) is 60.2 Å². The standard InChI is InChI=1S/C20H26N4O3/c1-15(22-19(25)14-21-12-13-27-2)16-8-10-18(11-9-16)24-20(26)23-17-6-4-3-5-7-17/h3-11,15,21H,12-14H2,1-2H3,(H,22,25)(H2,23,24,26). The van der Waals surface area contributed by atoms with Gasteiger partial charge in [0.25, 0.3) is 0 Å². The predicted molar refractivity (Wildman–Crippen MR) is 107 cm³/mol. The van der Waals surface area contributed by atoms with Gasteiger partial charge in [0.2, 0.25) is 5.91 Å². The molecule has 1 unspecified atom stereocenters. The van der Waals surface area contributed by atoms with E-state index in [9.17, 15) is 9.59 Å². The van der Waals surface area contributed by atoms with Crippen LogP contribution in [0.4, 0.5) is 16.2 Å². The topological polar surface area (TPSA) is 91.5 Å². The molecule has 27 heavy (non-hydrogen) atoms. The molecule has 0 aliphatic carbocycles. The van der Waals surface area contributed by atoms with Gasteiger partial charge in [0, 0.05) is 25.0 Å². The number of urea groups is 1. The minimum atomic E-state index is -0.308. The lowest BCUT2D eigenvalue weighted by atomic mass is 10.1. The predicted octanol–water partition coefficient (Wildman–Crippen LogP) is 2.74. The van der Waals surface area contributed by atoms with Crippen molar-refractivity contribution in [3.63, 3.8) is 0 Å². The first-order valence-electron chi connectivity index (χ1n) is 8.80. The van der Waals surface area contributed by atoms with Gasteiger partial charge in [-0.2, -0.15) is 0 Å². The highest BCUT2D eigenvalue weighted by molar-refractivity contribution is 5.99.